The molecule has 0 fully saturated rings. The fourth-order valence-corrected chi connectivity index (χ4v) is 1.64. The van der Waals surface area contributed by atoms with Gasteiger partial charge in [0.05, 0.1) is 5.02 Å². The minimum atomic E-state index is 0.313. The van der Waals surface area contributed by atoms with Gasteiger partial charge in [-0.25, -0.2) is 0 Å². The zero-order valence-corrected chi connectivity index (χ0v) is 8.88. The first-order chi connectivity index (χ1) is 7.22. The smallest absolute Gasteiger partial charge is 0.169 e. The van der Waals surface area contributed by atoms with Crippen LogP contribution in [0.15, 0.2) is 24.3 Å². The summed E-state index contributed by atoms with van der Waals surface area (Å²) >= 11 is 5.99. The van der Waals surface area contributed by atoms with Gasteiger partial charge in [-0.05, 0) is 13.0 Å². The minimum Gasteiger partial charge on any atom is -0.296 e. The highest BCUT2D eigenvalue weighted by Gasteiger charge is 2.11. The SMILES string of the molecule is Cc1cccc(-c2n[nH]c(C=O)c2Cl)c1. The molecule has 0 spiro atoms. The Bertz CT molecular complexity index is 505. The number of H-pyrrole nitrogens is 1. The summed E-state index contributed by atoms with van der Waals surface area (Å²) < 4.78 is 0. The van der Waals surface area contributed by atoms with Gasteiger partial charge < -0.3 is 0 Å². The van der Waals surface area contributed by atoms with Crippen LogP contribution >= 0.6 is 11.6 Å². The van der Waals surface area contributed by atoms with Crippen molar-refractivity contribution in [1.82, 2.24) is 10.2 Å². The number of aryl methyl sites for hydroxylation is 1. The van der Waals surface area contributed by atoms with E-state index in [-0.39, 0.29) is 0 Å². The maximum atomic E-state index is 10.6. The average Bonchev–Trinajstić information content (AvgIpc) is 2.59. The van der Waals surface area contributed by atoms with Crippen LogP contribution in [0.1, 0.15) is 16.1 Å². The summed E-state index contributed by atoms with van der Waals surface area (Å²) in [7, 11) is 0. The van der Waals surface area contributed by atoms with Crippen molar-refractivity contribution in [3.63, 3.8) is 0 Å². The van der Waals surface area contributed by atoms with E-state index in [9.17, 15) is 4.79 Å². The second-order valence-electron chi connectivity index (χ2n) is 3.29. The Morgan fingerprint density at radius 3 is 2.87 bits per heavy atom. The third-order valence-electron chi connectivity index (χ3n) is 2.14. The lowest BCUT2D eigenvalue weighted by Gasteiger charge is -1.98. The largest absolute Gasteiger partial charge is 0.296 e. The van der Waals surface area contributed by atoms with Crippen molar-refractivity contribution in [3.8, 4) is 11.3 Å². The van der Waals surface area contributed by atoms with Gasteiger partial charge in [-0.1, -0.05) is 35.4 Å². The molecule has 1 heterocycles. The topological polar surface area (TPSA) is 45.8 Å². The first-order valence-corrected chi connectivity index (χ1v) is 4.86. The molecule has 15 heavy (non-hydrogen) atoms. The summed E-state index contributed by atoms with van der Waals surface area (Å²) in [5.74, 6) is 0. The molecule has 0 aliphatic heterocycles. The molecule has 0 radical (unpaired) electrons. The van der Waals surface area contributed by atoms with Gasteiger partial charge in [0.15, 0.2) is 6.29 Å². The van der Waals surface area contributed by atoms with Gasteiger partial charge >= 0.3 is 0 Å². The average molecular weight is 221 g/mol. The number of halogens is 1. The number of hydrogen-bond acceptors (Lipinski definition) is 2. The highest BCUT2D eigenvalue weighted by Crippen LogP contribution is 2.27. The van der Waals surface area contributed by atoms with Crippen LogP contribution in [0.3, 0.4) is 0 Å². The van der Waals surface area contributed by atoms with E-state index in [1.165, 1.54) is 0 Å². The van der Waals surface area contributed by atoms with Crippen LogP contribution in [0, 0.1) is 6.92 Å². The van der Waals surface area contributed by atoms with E-state index >= 15 is 0 Å². The van der Waals surface area contributed by atoms with E-state index in [0.717, 1.165) is 11.1 Å². The number of aldehydes is 1. The zero-order chi connectivity index (χ0) is 10.8. The van der Waals surface area contributed by atoms with Gasteiger partial charge in [-0.2, -0.15) is 5.10 Å². The van der Waals surface area contributed by atoms with Crippen LogP contribution in [0.25, 0.3) is 11.3 Å². The molecule has 2 aromatic rings. The quantitative estimate of drug-likeness (QED) is 0.791. The van der Waals surface area contributed by atoms with Gasteiger partial charge in [0.25, 0.3) is 0 Å². The predicted octanol–water partition coefficient (Wildman–Crippen LogP) is 2.85. The highest BCUT2D eigenvalue weighted by molar-refractivity contribution is 6.35. The third-order valence-corrected chi connectivity index (χ3v) is 2.52. The molecule has 0 aliphatic rings. The summed E-state index contributed by atoms with van der Waals surface area (Å²) in [6.07, 6.45) is 0.661. The molecule has 0 unspecified atom stereocenters. The molecule has 2 rings (SSSR count). The van der Waals surface area contributed by atoms with Crippen molar-refractivity contribution in [3.05, 3.63) is 40.5 Å². The molecule has 4 heteroatoms. The molecular weight excluding hydrogens is 212 g/mol. The number of aromatic amines is 1. The van der Waals surface area contributed by atoms with E-state index < -0.39 is 0 Å². The second kappa shape index (κ2) is 3.87. The summed E-state index contributed by atoms with van der Waals surface area (Å²) in [6, 6.07) is 7.79. The Morgan fingerprint density at radius 2 is 2.27 bits per heavy atom. The second-order valence-corrected chi connectivity index (χ2v) is 3.67. The van der Waals surface area contributed by atoms with Crippen molar-refractivity contribution < 1.29 is 4.79 Å². The van der Waals surface area contributed by atoms with Crippen LogP contribution in [0.2, 0.25) is 5.02 Å². The van der Waals surface area contributed by atoms with E-state index in [0.29, 0.717) is 22.7 Å². The summed E-state index contributed by atoms with van der Waals surface area (Å²) in [5, 5.41) is 6.97. The zero-order valence-electron chi connectivity index (χ0n) is 8.12. The fraction of sp³-hybridized carbons (Fsp3) is 0.0909. The standard InChI is InChI=1S/C11H9ClN2O/c1-7-3-2-4-8(5-7)11-10(12)9(6-15)13-14-11/h2-6H,1H3,(H,13,14). The van der Waals surface area contributed by atoms with Crippen LogP contribution in [-0.4, -0.2) is 16.5 Å². The normalized spacial score (nSPS) is 10.3. The summed E-state index contributed by atoms with van der Waals surface area (Å²) in [6.45, 7) is 1.99. The number of carbonyl (C=O) groups is 1. The molecule has 1 aromatic carbocycles. The first kappa shape index (κ1) is 9.93. The van der Waals surface area contributed by atoms with Crippen LogP contribution in [0.5, 0.6) is 0 Å². The molecule has 0 saturated carbocycles. The number of nitrogens with zero attached hydrogens (tertiary/aromatic N) is 1. The van der Waals surface area contributed by atoms with E-state index in [1.54, 1.807) is 0 Å². The van der Waals surface area contributed by atoms with Gasteiger partial charge in [0, 0.05) is 5.56 Å². The Morgan fingerprint density at radius 1 is 1.47 bits per heavy atom. The van der Waals surface area contributed by atoms with Crippen molar-refractivity contribution in [2.75, 3.05) is 0 Å². The Balaban J connectivity index is 2.54. The molecule has 1 N–H and O–H groups in total. The lowest BCUT2D eigenvalue weighted by Crippen LogP contribution is -1.80. The molecule has 3 nitrogen and oxygen atoms in total. The molecule has 76 valence electrons. The molecule has 0 bridgehead atoms. The minimum absolute atomic E-state index is 0.313. The number of aromatic nitrogens is 2. The Labute approximate surface area is 92.1 Å². The number of hydrogen-bond donors (Lipinski definition) is 1. The van der Waals surface area contributed by atoms with Crippen LogP contribution in [0.4, 0.5) is 0 Å². The van der Waals surface area contributed by atoms with Crippen LogP contribution in [-0.2, 0) is 0 Å². The monoisotopic (exact) mass is 220 g/mol. The van der Waals surface area contributed by atoms with Gasteiger partial charge in [-0.3, -0.25) is 9.89 Å². The number of benzene rings is 1. The molecule has 0 saturated heterocycles. The molecule has 0 atom stereocenters. The fourth-order valence-electron chi connectivity index (χ4n) is 1.40. The summed E-state index contributed by atoms with van der Waals surface area (Å²) in [4.78, 5) is 10.6. The predicted molar refractivity (Wildman–Crippen MR) is 59.2 cm³/mol. The molecule has 1 aromatic heterocycles. The van der Waals surface area contributed by atoms with Crippen molar-refractivity contribution in [2.24, 2.45) is 0 Å². The van der Waals surface area contributed by atoms with E-state index in [2.05, 4.69) is 10.2 Å². The van der Waals surface area contributed by atoms with Crippen molar-refractivity contribution >= 4 is 17.9 Å². The summed E-state index contributed by atoms with van der Waals surface area (Å²) in [5.41, 5.74) is 2.96. The maximum absolute atomic E-state index is 10.6. The Kier molecular flexibility index (Phi) is 2.56. The van der Waals surface area contributed by atoms with E-state index in [4.69, 9.17) is 11.6 Å². The van der Waals surface area contributed by atoms with Gasteiger partial charge in [0.1, 0.15) is 11.4 Å². The lowest BCUT2D eigenvalue weighted by atomic mass is 10.1. The maximum Gasteiger partial charge on any atom is 0.169 e. The molecular formula is C11H9ClN2O. The highest BCUT2D eigenvalue weighted by atomic mass is 35.5. The lowest BCUT2D eigenvalue weighted by molar-refractivity contribution is 0.111. The number of nitrogens with one attached hydrogen (secondary N) is 1. The van der Waals surface area contributed by atoms with Gasteiger partial charge in [-0.15, -0.1) is 0 Å². The first-order valence-electron chi connectivity index (χ1n) is 4.48. The van der Waals surface area contributed by atoms with Crippen LogP contribution < -0.4 is 0 Å². The molecule has 0 amide bonds. The Hall–Kier alpha value is -1.61. The van der Waals surface area contributed by atoms with Crippen molar-refractivity contribution in [1.29, 1.82) is 0 Å². The number of rotatable bonds is 2. The van der Waals surface area contributed by atoms with E-state index in [1.807, 2.05) is 31.2 Å². The molecule has 0 aliphatic carbocycles. The van der Waals surface area contributed by atoms with Crippen molar-refractivity contribution in [2.45, 2.75) is 6.92 Å². The van der Waals surface area contributed by atoms with Gasteiger partial charge in [0.2, 0.25) is 0 Å². The number of carbonyl (C=O) groups excluding carboxylic acids is 1. The third kappa shape index (κ3) is 1.78.